The first-order chi connectivity index (χ1) is 17.5. The molecule has 1 atom stereocenters. The summed E-state index contributed by atoms with van der Waals surface area (Å²) in [6.07, 6.45) is 2.45. The summed E-state index contributed by atoms with van der Waals surface area (Å²) in [5.41, 5.74) is 12.8. The number of nitrogens with zero attached hydrogens (tertiary/aromatic N) is 2. The van der Waals surface area contributed by atoms with Crippen LogP contribution in [-0.4, -0.2) is 47.7 Å². The standard InChI is InChI=1S/C29H33N5O2/c1-19-26-16-21(8-9-27(26)33-32-19)23-12-20(18-34-10-3-4-11-34)13-24(14-23)29(35)31-28(17-30)22-6-5-7-25(15-22)36-2/h5-9,12-16,28H,3-4,10-11,17-18,30H2,1-2H3,(H,31,35)(H,32,33). The van der Waals surface area contributed by atoms with Gasteiger partial charge in [-0.2, -0.15) is 5.10 Å². The van der Waals surface area contributed by atoms with Crippen molar-refractivity contribution >= 4 is 16.8 Å². The molecule has 1 aliphatic rings. The van der Waals surface area contributed by atoms with E-state index in [2.05, 4.69) is 38.6 Å². The van der Waals surface area contributed by atoms with E-state index in [9.17, 15) is 4.79 Å². The molecular formula is C29H33N5O2. The highest BCUT2D eigenvalue weighted by Crippen LogP contribution is 2.28. The number of benzene rings is 3. The van der Waals surface area contributed by atoms with Crippen molar-refractivity contribution < 1.29 is 9.53 Å². The number of hydrogen-bond donors (Lipinski definition) is 3. The van der Waals surface area contributed by atoms with Crippen molar-refractivity contribution in [1.29, 1.82) is 0 Å². The Balaban J connectivity index is 1.48. The van der Waals surface area contributed by atoms with Crippen molar-refractivity contribution in [1.82, 2.24) is 20.4 Å². The van der Waals surface area contributed by atoms with Gasteiger partial charge in [0.05, 0.1) is 18.7 Å². The Morgan fingerprint density at radius 1 is 1.11 bits per heavy atom. The zero-order valence-corrected chi connectivity index (χ0v) is 20.9. The lowest BCUT2D eigenvalue weighted by molar-refractivity contribution is 0.0937. The minimum Gasteiger partial charge on any atom is -0.497 e. The number of aryl methyl sites for hydroxylation is 1. The molecule has 1 unspecified atom stereocenters. The van der Waals surface area contributed by atoms with Crippen LogP contribution in [0.25, 0.3) is 22.0 Å². The molecule has 0 saturated carbocycles. The number of rotatable bonds is 8. The molecule has 0 spiro atoms. The SMILES string of the molecule is COc1cccc(C(CN)NC(=O)c2cc(CN3CCCC3)cc(-c3ccc4n[nH]c(C)c4c3)c2)c1. The predicted molar refractivity (Wildman–Crippen MR) is 143 cm³/mol. The fourth-order valence-corrected chi connectivity index (χ4v) is 4.98. The van der Waals surface area contributed by atoms with Gasteiger partial charge in [-0.3, -0.25) is 14.8 Å². The van der Waals surface area contributed by atoms with Gasteiger partial charge in [-0.05, 0) is 97.6 Å². The van der Waals surface area contributed by atoms with Crippen LogP contribution in [0.3, 0.4) is 0 Å². The number of methoxy groups -OCH3 is 1. The molecule has 186 valence electrons. The molecule has 1 amide bonds. The minimum absolute atomic E-state index is 0.140. The van der Waals surface area contributed by atoms with E-state index >= 15 is 0 Å². The Kier molecular flexibility index (Phi) is 7.02. The van der Waals surface area contributed by atoms with Gasteiger partial charge < -0.3 is 15.8 Å². The van der Waals surface area contributed by atoms with Gasteiger partial charge in [0.25, 0.3) is 5.91 Å². The van der Waals surface area contributed by atoms with Gasteiger partial charge in [0.2, 0.25) is 0 Å². The quantitative estimate of drug-likeness (QED) is 0.341. The molecule has 1 aromatic heterocycles. The molecule has 2 heterocycles. The van der Waals surface area contributed by atoms with Crippen LogP contribution >= 0.6 is 0 Å². The third-order valence-electron chi connectivity index (χ3n) is 6.97. The van der Waals surface area contributed by atoms with Crippen LogP contribution < -0.4 is 15.8 Å². The van der Waals surface area contributed by atoms with E-state index in [-0.39, 0.29) is 18.5 Å². The van der Waals surface area contributed by atoms with Crippen LogP contribution in [0.15, 0.2) is 60.7 Å². The van der Waals surface area contributed by atoms with E-state index in [0.29, 0.717) is 5.56 Å². The van der Waals surface area contributed by atoms with Crippen LogP contribution in [0.5, 0.6) is 5.75 Å². The summed E-state index contributed by atoms with van der Waals surface area (Å²) in [5.74, 6) is 0.596. The Bertz CT molecular complexity index is 1370. The second kappa shape index (κ2) is 10.5. The van der Waals surface area contributed by atoms with Crippen LogP contribution in [0.1, 0.15) is 46.1 Å². The summed E-state index contributed by atoms with van der Waals surface area (Å²) in [6.45, 7) is 5.33. The maximum absolute atomic E-state index is 13.5. The monoisotopic (exact) mass is 483 g/mol. The van der Waals surface area contributed by atoms with Crippen LogP contribution in [-0.2, 0) is 6.54 Å². The van der Waals surface area contributed by atoms with E-state index in [4.69, 9.17) is 10.5 Å². The average Bonchev–Trinajstić information content (AvgIpc) is 3.56. The normalized spacial score (nSPS) is 14.8. The molecule has 3 aromatic carbocycles. The second-order valence-corrected chi connectivity index (χ2v) is 9.52. The number of hydrogen-bond acceptors (Lipinski definition) is 5. The van der Waals surface area contributed by atoms with Crippen LogP contribution in [0.2, 0.25) is 0 Å². The highest BCUT2D eigenvalue weighted by Gasteiger charge is 2.19. The van der Waals surface area contributed by atoms with Gasteiger partial charge in [0, 0.05) is 29.7 Å². The molecule has 4 N–H and O–H groups in total. The number of nitrogens with two attached hydrogens (primary N) is 1. The molecule has 7 nitrogen and oxygen atoms in total. The molecular weight excluding hydrogens is 450 g/mol. The van der Waals surface area contributed by atoms with Gasteiger partial charge in [-0.1, -0.05) is 18.2 Å². The Morgan fingerprint density at radius 3 is 2.72 bits per heavy atom. The Morgan fingerprint density at radius 2 is 1.94 bits per heavy atom. The molecule has 4 aromatic rings. The number of nitrogens with one attached hydrogen (secondary N) is 2. The molecule has 1 aliphatic heterocycles. The second-order valence-electron chi connectivity index (χ2n) is 9.52. The highest BCUT2D eigenvalue weighted by atomic mass is 16.5. The summed E-state index contributed by atoms with van der Waals surface area (Å²) < 4.78 is 5.35. The van der Waals surface area contributed by atoms with Crippen molar-refractivity contribution in [3.8, 4) is 16.9 Å². The molecule has 0 radical (unpaired) electrons. The Hall–Kier alpha value is -3.68. The predicted octanol–water partition coefficient (Wildman–Crippen LogP) is 4.57. The number of aromatic amines is 1. The van der Waals surface area contributed by atoms with E-state index in [1.165, 1.54) is 12.8 Å². The van der Waals surface area contributed by atoms with Crippen molar-refractivity contribution in [3.63, 3.8) is 0 Å². The molecule has 5 rings (SSSR count). The van der Waals surface area contributed by atoms with Crippen molar-refractivity contribution in [2.24, 2.45) is 5.73 Å². The summed E-state index contributed by atoms with van der Waals surface area (Å²) in [4.78, 5) is 16.0. The van der Waals surface area contributed by atoms with Crippen molar-refractivity contribution in [3.05, 3.63) is 83.0 Å². The van der Waals surface area contributed by atoms with Crippen molar-refractivity contribution in [2.75, 3.05) is 26.7 Å². The van der Waals surface area contributed by atoms with Crippen molar-refractivity contribution in [2.45, 2.75) is 32.4 Å². The zero-order chi connectivity index (χ0) is 25.1. The van der Waals surface area contributed by atoms with E-state index in [1.807, 2.05) is 49.4 Å². The van der Waals surface area contributed by atoms with Crippen LogP contribution in [0.4, 0.5) is 0 Å². The summed E-state index contributed by atoms with van der Waals surface area (Å²) in [5, 5.41) is 11.6. The highest BCUT2D eigenvalue weighted by molar-refractivity contribution is 5.96. The third-order valence-corrected chi connectivity index (χ3v) is 6.97. The number of fused-ring (bicyclic) bond motifs is 1. The maximum Gasteiger partial charge on any atom is 0.251 e. The average molecular weight is 484 g/mol. The molecule has 0 bridgehead atoms. The van der Waals surface area contributed by atoms with Crippen LogP contribution in [0, 0.1) is 6.92 Å². The lowest BCUT2D eigenvalue weighted by Gasteiger charge is -2.20. The smallest absolute Gasteiger partial charge is 0.251 e. The number of aromatic nitrogens is 2. The fraction of sp³-hybridized carbons (Fsp3) is 0.310. The lowest BCUT2D eigenvalue weighted by Crippen LogP contribution is -2.33. The first-order valence-electron chi connectivity index (χ1n) is 12.5. The molecule has 36 heavy (non-hydrogen) atoms. The number of carbonyl (C=O) groups is 1. The number of ether oxygens (including phenoxy) is 1. The van der Waals surface area contributed by atoms with E-state index in [1.54, 1.807) is 7.11 Å². The molecule has 1 fully saturated rings. The Labute approximate surface area is 211 Å². The fourth-order valence-electron chi connectivity index (χ4n) is 4.98. The maximum atomic E-state index is 13.5. The summed E-state index contributed by atoms with van der Waals surface area (Å²) in [7, 11) is 1.63. The van der Waals surface area contributed by atoms with Gasteiger partial charge in [-0.15, -0.1) is 0 Å². The zero-order valence-electron chi connectivity index (χ0n) is 20.9. The third kappa shape index (κ3) is 5.12. The molecule has 7 heteroatoms. The van der Waals surface area contributed by atoms with Gasteiger partial charge in [0.15, 0.2) is 0 Å². The first-order valence-corrected chi connectivity index (χ1v) is 12.5. The molecule has 0 aliphatic carbocycles. The van der Waals surface area contributed by atoms with E-state index < -0.39 is 0 Å². The number of H-pyrrole nitrogens is 1. The minimum atomic E-state index is -0.316. The van der Waals surface area contributed by atoms with E-state index in [0.717, 1.165) is 64.2 Å². The number of amides is 1. The summed E-state index contributed by atoms with van der Waals surface area (Å²) in [6, 6.07) is 19.8. The van der Waals surface area contributed by atoms with Gasteiger partial charge in [-0.25, -0.2) is 0 Å². The molecule has 1 saturated heterocycles. The number of carbonyl (C=O) groups excluding carboxylic acids is 1. The number of likely N-dealkylation sites (tertiary alicyclic amines) is 1. The first kappa shape index (κ1) is 24.0. The van der Waals surface area contributed by atoms with Gasteiger partial charge >= 0.3 is 0 Å². The topological polar surface area (TPSA) is 96.3 Å². The lowest BCUT2D eigenvalue weighted by atomic mass is 9.97. The van der Waals surface area contributed by atoms with Gasteiger partial charge in [0.1, 0.15) is 5.75 Å². The summed E-state index contributed by atoms with van der Waals surface area (Å²) >= 11 is 0. The largest absolute Gasteiger partial charge is 0.497 e.